The minimum atomic E-state index is 0.346. The van der Waals surface area contributed by atoms with Gasteiger partial charge in [0.25, 0.3) is 0 Å². The van der Waals surface area contributed by atoms with E-state index in [4.69, 9.17) is 10.3 Å². The summed E-state index contributed by atoms with van der Waals surface area (Å²) in [6.07, 6.45) is 0. The van der Waals surface area contributed by atoms with E-state index in [0.29, 0.717) is 5.88 Å². The number of hydrogen-bond acceptors (Lipinski definition) is 3. The molecule has 0 aliphatic carbocycles. The maximum Gasteiger partial charge on any atom is 0.230 e. The van der Waals surface area contributed by atoms with Crippen molar-refractivity contribution >= 4 is 21.8 Å². The average Bonchev–Trinajstić information content (AvgIpc) is 2.84. The van der Waals surface area contributed by atoms with Gasteiger partial charge in [0, 0.05) is 10.0 Å². The largest absolute Gasteiger partial charge is 0.367 e. The Morgan fingerprint density at radius 1 is 1.00 bits per heavy atom. The van der Waals surface area contributed by atoms with Crippen molar-refractivity contribution in [3.8, 4) is 22.4 Å². The second-order valence-corrected chi connectivity index (χ2v) is 5.96. The van der Waals surface area contributed by atoms with Gasteiger partial charge in [0.2, 0.25) is 5.88 Å². The molecular formula is C17H15BrN2O. The molecule has 1 heterocycles. The molecule has 0 unspecified atom stereocenters. The zero-order valence-corrected chi connectivity index (χ0v) is 13.4. The van der Waals surface area contributed by atoms with E-state index in [2.05, 4.69) is 34.1 Å². The zero-order chi connectivity index (χ0) is 15.0. The third-order valence-electron chi connectivity index (χ3n) is 3.59. The van der Waals surface area contributed by atoms with Crippen molar-refractivity contribution in [3.63, 3.8) is 0 Å². The second-order valence-electron chi connectivity index (χ2n) is 5.04. The van der Waals surface area contributed by atoms with Crippen LogP contribution in [0.2, 0.25) is 0 Å². The maximum absolute atomic E-state index is 6.03. The van der Waals surface area contributed by atoms with E-state index in [0.717, 1.165) is 38.0 Å². The summed E-state index contributed by atoms with van der Waals surface area (Å²) in [6, 6.07) is 14.2. The van der Waals surface area contributed by atoms with Gasteiger partial charge in [-0.3, -0.25) is 0 Å². The lowest BCUT2D eigenvalue weighted by molar-refractivity contribution is 0.439. The SMILES string of the molecule is Cc1ccc(Br)cc1-c1noc(N)c1-c1ccccc1C. The highest BCUT2D eigenvalue weighted by atomic mass is 79.9. The van der Waals surface area contributed by atoms with Crippen LogP contribution in [-0.2, 0) is 0 Å². The number of halogens is 1. The van der Waals surface area contributed by atoms with Crippen LogP contribution in [0.5, 0.6) is 0 Å². The third-order valence-corrected chi connectivity index (χ3v) is 4.08. The molecule has 0 bridgehead atoms. The van der Waals surface area contributed by atoms with Gasteiger partial charge < -0.3 is 10.3 Å². The van der Waals surface area contributed by atoms with Gasteiger partial charge in [-0.2, -0.15) is 0 Å². The minimum Gasteiger partial charge on any atom is -0.367 e. The predicted molar refractivity (Wildman–Crippen MR) is 89.0 cm³/mol. The van der Waals surface area contributed by atoms with Gasteiger partial charge in [-0.1, -0.05) is 51.4 Å². The normalized spacial score (nSPS) is 10.8. The minimum absolute atomic E-state index is 0.346. The van der Waals surface area contributed by atoms with E-state index in [1.54, 1.807) is 0 Å². The molecule has 21 heavy (non-hydrogen) atoms. The summed E-state index contributed by atoms with van der Waals surface area (Å²) in [4.78, 5) is 0. The number of nitrogens with two attached hydrogens (primary N) is 1. The first-order valence-corrected chi connectivity index (χ1v) is 7.45. The van der Waals surface area contributed by atoms with Gasteiger partial charge in [0.1, 0.15) is 5.69 Å². The van der Waals surface area contributed by atoms with Crippen LogP contribution in [0.1, 0.15) is 11.1 Å². The number of rotatable bonds is 2. The molecule has 0 amide bonds. The first kappa shape index (κ1) is 13.9. The summed E-state index contributed by atoms with van der Waals surface area (Å²) >= 11 is 3.51. The van der Waals surface area contributed by atoms with Crippen LogP contribution in [-0.4, -0.2) is 5.16 Å². The average molecular weight is 343 g/mol. The molecule has 3 aromatic rings. The van der Waals surface area contributed by atoms with Crippen LogP contribution in [0.15, 0.2) is 51.5 Å². The lowest BCUT2D eigenvalue weighted by Crippen LogP contribution is -1.91. The molecule has 1 aromatic heterocycles. The van der Waals surface area contributed by atoms with Crippen LogP contribution >= 0.6 is 15.9 Å². The highest BCUT2D eigenvalue weighted by Crippen LogP contribution is 2.39. The fraction of sp³-hybridized carbons (Fsp3) is 0.118. The number of nitrogens with zero attached hydrogens (tertiary/aromatic N) is 1. The van der Waals surface area contributed by atoms with Crippen LogP contribution in [0, 0.1) is 13.8 Å². The lowest BCUT2D eigenvalue weighted by atomic mass is 9.95. The van der Waals surface area contributed by atoms with E-state index in [-0.39, 0.29) is 0 Å². The van der Waals surface area contributed by atoms with Crippen molar-refractivity contribution in [2.45, 2.75) is 13.8 Å². The second kappa shape index (κ2) is 5.37. The fourth-order valence-corrected chi connectivity index (χ4v) is 2.81. The maximum atomic E-state index is 6.03. The Morgan fingerprint density at radius 3 is 2.48 bits per heavy atom. The number of benzene rings is 2. The smallest absolute Gasteiger partial charge is 0.230 e. The van der Waals surface area contributed by atoms with E-state index in [1.165, 1.54) is 0 Å². The Morgan fingerprint density at radius 2 is 1.71 bits per heavy atom. The van der Waals surface area contributed by atoms with Crippen LogP contribution in [0.25, 0.3) is 22.4 Å². The zero-order valence-electron chi connectivity index (χ0n) is 11.9. The highest BCUT2D eigenvalue weighted by molar-refractivity contribution is 9.10. The topological polar surface area (TPSA) is 52.0 Å². The Bertz CT molecular complexity index is 808. The van der Waals surface area contributed by atoms with E-state index >= 15 is 0 Å². The first-order chi connectivity index (χ1) is 10.1. The Kier molecular flexibility index (Phi) is 3.55. The summed E-state index contributed by atoms with van der Waals surface area (Å²) in [7, 11) is 0. The van der Waals surface area contributed by atoms with Crippen molar-refractivity contribution < 1.29 is 4.52 Å². The predicted octanol–water partition coefficient (Wildman–Crippen LogP) is 4.97. The van der Waals surface area contributed by atoms with Crippen LogP contribution in [0.4, 0.5) is 5.88 Å². The number of nitrogen functional groups attached to an aromatic ring is 1. The van der Waals surface area contributed by atoms with Crippen molar-refractivity contribution in [2.75, 3.05) is 5.73 Å². The molecule has 0 radical (unpaired) electrons. The standard InChI is InChI=1S/C17H15BrN2O/c1-10-5-3-4-6-13(10)15-16(20-21-17(15)19)14-9-12(18)8-7-11(14)2/h3-9H,19H2,1-2H3. The molecule has 0 saturated heterocycles. The summed E-state index contributed by atoms with van der Waals surface area (Å²) in [6.45, 7) is 4.10. The monoisotopic (exact) mass is 342 g/mol. The molecule has 0 aliphatic rings. The molecule has 0 atom stereocenters. The first-order valence-electron chi connectivity index (χ1n) is 6.65. The molecule has 4 heteroatoms. The summed E-state index contributed by atoms with van der Waals surface area (Å²) in [5.74, 6) is 0.346. The molecular weight excluding hydrogens is 328 g/mol. The lowest BCUT2D eigenvalue weighted by Gasteiger charge is -2.08. The van der Waals surface area contributed by atoms with Gasteiger partial charge in [0.05, 0.1) is 5.56 Å². The van der Waals surface area contributed by atoms with Gasteiger partial charge in [0.15, 0.2) is 0 Å². The summed E-state index contributed by atoms with van der Waals surface area (Å²) < 4.78 is 6.27. The summed E-state index contributed by atoms with van der Waals surface area (Å²) in [5.41, 5.74) is 12.0. The molecule has 0 spiro atoms. The van der Waals surface area contributed by atoms with Crippen LogP contribution < -0.4 is 5.73 Å². The van der Waals surface area contributed by atoms with Crippen molar-refractivity contribution in [1.82, 2.24) is 5.16 Å². The Labute approximate surface area is 131 Å². The Hall–Kier alpha value is -2.07. The molecule has 0 saturated carbocycles. The van der Waals surface area contributed by atoms with Gasteiger partial charge >= 0.3 is 0 Å². The van der Waals surface area contributed by atoms with Gasteiger partial charge in [-0.15, -0.1) is 0 Å². The van der Waals surface area contributed by atoms with E-state index in [9.17, 15) is 0 Å². The Balaban J connectivity index is 2.27. The fourth-order valence-electron chi connectivity index (χ4n) is 2.45. The van der Waals surface area contributed by atoms with Gasteiger partial charge in [-0.25, -0.2) is 0 Å². The highest BCUT2D eigenvalue weighted by Gasteiger charge is 2.20. The van der Waals surface area contributed by atoms with Crippen molar-refractivity contribution in [2.24, 2.45) is 0 Å². The molecule has 2 N–H and O–H groups in total. The summed E-state index contributed by atoms with van der Waals surface area (Å²) in [5, 5.41) is 4.18. The number of aryl methyl sites for hydroxylation is 2. The van der Waals surface area contributed by atoms with Gasteiger partial charge in [-0.05, 0) is 42.7 Å². The third kappa shape index (κ3) is 2.47. The molecule has 2 aromatic carbocycles. The van der Waals surface area contributed by atoms with E-state index in [1.807, 2.05) is 43.3 Å². The molecule has 0 fully saturated rings. The number of aromatic nitrogens is 1. The molecule has 0 aliphatic heterocycles. The number of anilines is 1. The molecule has 3 nitrogen and oxygen atoms in total. The van der Waals surface area contributed by atoms with Crippen molar-refractivity contribution in [1.29, 1.82) is 0 Å². The van der Waals surface area contributed by atoms with E-state index < -0.39 is 0 Å². The molecule has 106 valence electrons. The quantitative estimate of drug-likeness (QED) is 0.715. The van der Waals surface area contributed by atoms with Crippen LogP contribution in [0.3, 0.4) is 0 Å². The number of hydrogen-bond donors (Lipinski definition) is 1. The van der Waals surface area contributed by atoms with Crippen molar-refractivity contribution in [3.05, 3.63) is 58.1 Å². The molecule has 3 rings (SSSR count).